The Balaban J connectivity index is 3.06. The molecular weight excluding hydrogens is 367 g/mol. The zero-order valence-electron chi connectivity index (χ0n) is 17.7. The molecule has 1 heterocycles. The van der Waals surface area contributed by atoms with Crippen LogP contribution in [-0.4, -0.2) is 24.9 Å². The fourth-order valence-corrected chi connectivity index (χ4v) is 2.56. The predicted octanol–water partition coefficient (Wildman–Crippen LogP) is 2.61. The first kappa shape index (κ1) is 24.1. The molecule has 0 aliphatic heterocycles. The molecule has 0 aliphatic rings. The highest BCUT2D eigenvalue weighted by Gasteiger charge is 2.29. The van der Waals surface area contributed by atoms with Crippen LogP contribution < -0.4 is 9.97 Å². The number of pyridine rings is 1. The van der Waals surface area contributed by atoms with Crippen molar-refractivity contribution >= 4 is 19.9 Å². The van der Waals surface area contributed by atoms with E-state index in [-0.39, 0.29) is 25.5 Å². The summed E-state index contributed by atoms with van der Waals surface area (Å²) in [7, 11) is 5.42. The quantitative estimate of drug-likeness (QED) is 0.396. The first-order chi connectivity index (χ1) is 13.5. The average Bonchev–Trinajstić information content (AvgIpc) is 2.64. The summed E-state index contributed by atoms with van der Waals surface area (Å²) in [6.45, 7) is 8.73. The van der Waals surface area contributed by atoms with Crippen molar-refractivity contribution in [2.75, 3.05) is 0 Å². The van der Waals surface area contributed by atoms with E-state index in [0.717, 1.165) is 0 Å². The van der Waals surface area contributed by atoms with E-state index in [2.05, 4.69) is 22.1 Å². The Morgan fingerprint density at radius 2 is 1.76 bits per heavy atom. The van der Waals surface area contributed by atoms with E-state index < -0.39 is 16.8 Å². The highest BCUT2D eigenvalue weighted by Crippen LogP contribution is 2.28. The van der Waals surface area contributed by atoms with E-state index in [1.807, 2.05) is 0 Å². The van der Waals surface area contributed by atoms with Crippen LogP contribution in [0.15, 0.2) is 6.20 Å². The number of hydrogen-bond acceptors (Lipinski definition) is 5. The lowest BCUT2D eigenvalue weighted by Crippen LogP contribution is -2.36. The molecule has 7 heteroatoms. The minimum Gasteiger partial charge on any atom is -0.566 e. The van der Waals surface area contributed by atoms with Crippen LogP contribution in [0.3, 0.4) is 0 Å². The molecule has 2 radical (unpaired) electrons. The van der Waals surface area contributed by atoms with E-state index in [0.29, 0.717) is 29.0 Å². The zero-order valence-corrected chi connectivity index (χ0v) is 17.7. The van der Waals surface area contributed by atoms with Crippen molar-refractivity contribution in [3.05, 3.63) is 23.0 Å². The van der Waals surface area contributed by atoms with Gasteiger partial charge >= 0.3 is 14.0 Å². The molecule has 0 unspecified atom stereocenters. The molecular formula is C22H27BN2O4. The summed E-state index contributed by atoms with van der Waals surface area (Å²) in [4.78, 5) is 29.1. The number of hydrogen-bond donors (Lipinski definition) is 1. The van der Waals surface area contributed by atoms with Crippen LogP contribution >= 0.6 is 0 Å². The van der Waals surface area contributed by atoms with Gasteiger partial charge in [0.2, 0.25) is 5.91 Å². The molecule has 29 heavy (non-hydrogen) atoms. The monoisotopic (exact) mass is 394 g/mol. The molecule has 1 N–H and O–H groups in total. The lowest BCUT2D eigenvalue weighted by atomic mass is 9.88. The van der Waals surface area contributed by atoms with Gasteiger partial charge in [0.15, 0.2) is 0 Å². The van der Waals surface area contributed by atoms with Crippen molar-refractivity contribution < 1.29 is 19.0 Å². The van der Waals surface area contributed by atoms with Gasteiger partial charge in [-0.1, -0.05) is 13.8 Å². The largest absolute Gasteiger partial charge is 0.566 e. The second-order valence-electron chi connectivity index (χ2n) is 8.08. The highest BCUT2D eigenvalue weighted by molar-refractivity contribution is 6.00. The summed E-state index contributed by atoms with van der Waals surface area (Å²) in [6, 6.07) is 0. The number of ether oxygens (including phenoxy) is 1. The molecule has 1 rings (SSSR count). The number of esters is 1. The van der Waals surface area contributed by atoms with E-state index in [1.54, 1.807) is 40.8 Å². The summed E-state index contributed by atoms with van der Waals surface area (Å²) in [6.07, 6.45) is 12.8. The van der Waals surface area contributed by atoms with Crippen LogP contribution in [0.25, 0.3) is 0 Å². The molecule has 0 aliphatic carbocycles. The second kappa shape index (κ2) is 10.0. The molecule has 1 aromatic heterocycles. The maximum absolute atomic E-state index is 12.5. The third-order valence-corrected chi connectivity index (χ3v) is 4.56. The van der Waals surface area contributed by atoms with Gasteiger partial charge in [-0.2, -0.15) is 0 Å². The third-order valence-electron chi connectivity index (χ3n) is 4.56. The van der Waals surface area contributed by atoms with Crippen molar-refractivity contribution in [1.29, 1.82) is 0 Å². The number of aryl methyl sites for hydroxylation is 1. The predicted molar refractivity (Wildman–Crippen MR) is 111 cm³/mol. The van der Waals surface area contributed by atoms with Crippen LogP contribution in [0.5, 0.6) is 5.75 Å². The molecule has 0 atom stereocenters. The van der Waals surface area contributed by atoms with Gasteiger partial charge in [-0.05, 0) is 20.8 Å². The van der Waals surface area contributed by atoms with Gasteiger partial charge in [-0.25, -0.2) is 0 Å². The summed E-state index contributed by atoms with van der Waals surface area (Å²) >= 11 is 0. The van der Waals surface area contributed by atoms with Crippen LogP contribution in [-0.2, 0) is 27.5 Å². The van der Waals surface area contributed by atoms with E-state index >= 15 is 0 Å². The Kier molecular flexibility index (Phi) is 8.34. The Hall–Kier alpha value is -2.93. The summed E-state index contributed by atoms with van der Waals surface area (Å²) in [5.41, 5.74) is 0.144. The molecule has 0 saturated carbocycles. The lowest BCUT2D eigenvalue weighted by Gasteiger charge is -2.23. The molecule has 1 amide bonds. The summed E-state index contributed by atoms with van der Waals surface area (Å²) in [5.74, 6) is 4.64. The summed E-state index contributed by atoms with van der Waals surface area (Å²) in [5, 5.41) is 2.84. The third kappa shape index (κ3) is 6.29. The maximum atomic E-state index is 12.5. The first-order valence-corrected chi connectivity index (χ1v) is 9.16. The van der Waals surface area contributed by atoms with Gasteiger partial charge in [0.05, 0.1) is 16.5 Å². The van der Waals surface area contributed by atoms with Gasteiger partial charge in [-0.3, -0.25) is 14.6 Å². The first-order valence-electron chi connectivity index (χ1n) is 9.16. The molecule has 6 nitrogen and oxygen atoms in total. The van der Waals surface area contributed by atoms with Gasteiger partial charge in [0.25, 0.3) is 0 Å². The maximum Gasteiger partial charge on any atom is 0.374 e. The fraction of sp³-hybridized carbons (Fsp3) is 0.500. The molecule has 0 aromatic carbocycles. The Bertz CT molecular complexity index is 848. The van der Waals surface area contributed by atoms with Gasteiger partial charge in [-0.15, -0.1) is 24.7 Å². The average molecular weight is 394 g/mol. The van der Waals surface area contributed by atoms with Crippen LogP contribution in [0, 0.1) is 42.4 Å². The number of nitrogens with one attached hydrogen (secondary N) is 1. The molecule has 0 bridgehead atoms. The van der Waals surface area contributed by atoms with Gasteiger partial charge in [0.1, 0.15) is 12.4 Å². The smallest absolute Gasteiger partial charge is 0.374 e. The number of terminal acetylenes is 2. The Morgan fingerprint density at radius 3 is 2.31 bits per heavy atom. The standard InChI is InChI=1S/C22H27BN2O4/c1-8-10-21(4,5)19(26)25-13-17-16(12-24-15(3)18(17)29-23)14-28-20(27)22(6,7)11-9-2/h1-2,12H,10-11,13-14H2,3-7H3,(H,25,26). The Labute approximate surface area is 174 Å². The molecule has 0 spiro atoms. The van der Waals surface area contributed by atoms with Gasteiger partial charge < -0.3 is 14.7 Å². The SMILES string of the molecule is [B]Oc1c(C)ncc(COC(=O)C(C)(C)CC#C)c1CNC(=O)C(C)(C)CC#C. The number of amides is 1. The minimum atomic E-state index is -0.812. The van der Waals surface area contributed by atoms with E-state index in [9.17, 15) is 9.59 Å². The van der Waals surface area contributed by atoms with Crippen molar-refractivity contribution in [3.8, 4) is 30.4 Å². The molecule has 1 aromatic rings. The molecule has 152 valence electrons. The summed E-state index contributed by atoms with van der Waals surface area (Å²) < 4.78 is 10.4. The minimum absolute atomic E-state index is 0.0601. The second-order valence-corrected chi connectivity index (χ2v) is 8.08. The number of rotatable bonds is 9. The number of carbonyl (C=O) groups is 2. The number of nitrogens with zero attached hydrogens (tertiary/aromatic N) is 1. The number of aromatic nitrogens is 1. The molecule has 0 fully saturated rings. The molecule has 0 saturated heterocycles. The van der Waals surface area contributed by atoms with Crippen molar-refractivity contribution in [1.82, 2.24) is 10.3 Å². The van der Waals surface area contributed by atoms with Gasteiger partial charge in [0, 0.05) is 36.7 Å². The van der Waals surface area contributed by atoms with Crippen molar-refractivity contribution in [2.24, 2.45) is 10.8 Å². The van der Waals surface area contributed by atoms with Crippen LogP contribution in [0.2, 0.25) is 0 Å². The van der Waals surface area contributed by atoms with Crippen molar-refractivity contribution in [2.45, 2.75) is 60.6 Å². The topological polar surface area (TPSA) is 77.5 Å². The van der Waals surface area contributed by atoms with Crippen LogP contribution in [0.1, 0.15) is 57.4 Å². The number of carbonyl (C=O) groups excluding carboxylic acids is 2. The fourth-order valence-electron chi connectivity index (χ4n) is 2.56. The normalized spacial score (nSPS) is 11.1. The lowest BCUT2D eigenvalue weighted by molar-refractivity contribution is -0.155. The van der Waals surface area contributed by atoms with Crippen LogP contribution in [0.4, 0.5) is 0 Å². The van der Waals surface area contributed by atoms with E-state index in [4.69, 9.17) is 30.3 Å². The van der Waals surface area contributed by atoms with E-state index in [1.165, 1.54) is 0 Å². The zero-order chi connectivity index (χ0) is 22.2. The van der Waals surface area contributed by atoms with Crippen molar-refractivity contribution in [3.63, 3.8) is 0 Å². The Morgan fingerprint density at radius 1 is 1.17 bits per heavy atom. The highest BCUT2D eigenvalue weighted by atomic mass is 16.5.